The summed E-state index contributed by atoms with van der Waals surface area (Å²) in [5.74, 6) is 0.934. The highest BCUT2D eigenvalue weighted by atomic mass is 16.5. The number of nitrogens with zero attached hydrogens (tertiary/aromatic N) is 1. The molecule has 3 aromatic rings. The average molecular weight is 352 g/mol. The van der Waals surface area contributed by atoms with Gasteiger partial charge in [-0.1, -0.05) is 19.9 Å². The third kappa shape index (κ3) is 3.72. The number of H-pyrrole nitrogens is 1. The molecule has 5 nitrogen and oxygen atoms in total. The van der Waals surface area contributed by atoms with Gasteiger partial charge in [-0.2, -0.15) is 0 Å². The molecule has 2 aromatic heterocycles. The van der Waals surface area contributed by atoms with Crippen molar-refractivity contribution in [1.82, 2.24) is 9.97 Å². The van der Waals surface area contributed by atoms with Crippen LogP contribution in [0, 0.1) is 5.92 Å². The van der Waals surface area contributed by atoms with E-state index in [1.165, 1.54) is 18.4 Å². The van der Waals surface area contributed by atoms with Crippen LogP contribution in [0.25, 0.3) is 10.9 Å². The Bertz CT molecular complexity index is 928. The van der Waals surface area contributed by atoms with Crippen LogP contribution in [0.15, 0.2) is 36.4 Å². The predicted molar refractivity (Wildman–Crippen MR) is 102 cm³/mol. The molecule has 0 saturated heterocycles. The summed E-state index contributed by atoms with van der Waals surface area (Å²) >= 11 is 0. The normalized spacial score (nSPS) is 11.1. The van der Waals surface area contributed by atoms with E-state index in [0.717, 1.165) is 28.8 Å². The molecule has 0 atom stereocenters. The predicted octanol–water partition coefficient (Wildman–Crippen LogP) is 4.15. The fourth-order valence-electron chi connectivity index (χ4n) is 3.18. The zero-order valence-corrected chi connectivity index (χ0v) is 15.6. The molecule has 1 N–H and O–H groups in total. The highest BCUT2D eigenvalue weighted by molar-refractivity contribution is 5.87. The second-order valence-electron chi connectivity index (χ2n) is 6.77. The van der Waals surface area contributed by atoms with E-state index in [2.05, 4.69) is 29.9 Å². The van der Waals surface area contributed by atoms with Gasteiger partial charge in [0, 0.05) is 34.8 Å². The zero-order chi connectivity index (χ0) is 18.7. The number of hydrogen-bond acceptors (Lipinski definition) is 4. The van der Waals surface area contributed by atoms with Crippen molar-refractivity contribution in [2.45, 2.75) is 26.7 Å². The molecule has 0 saturated carbocycles. The number of methoxy groups -OCH3 is 2. The lowest BCUT2D eigenvalue weighted by atomic mass is 9.99. The fourth-order valence-corrected chi connectivity index (χ4v) is 3.18. The topological polar surface area (TPSA) is 64.2 Å². The first-order valence-electron chi connectivity index (χ1n) is 8.73. The molecular formula is C21H24N2O3. The number of carbonyl (C=O) groups is 1. The van der Waals surface area contributed by atoms with Crippen molar-refractivity contribution in [3.8, 4) is 5.75 Å². The molecule has 0 unspecified atom stereocenters. The molecule has 0 bridgehead atoms. The van der Waals surface area contributed by atoms with Crippen LogP contribution >= 0.6 is 0 Å². The molecule has 2 heterocycles. The Morgan fingerprint density at radius 3 is 2.69 bits per heavy atom. The molecule has 0 aliphatic carbocycles. The summed E-state index contributed by atoms with van der Waals surface area (Å²) < 4.78 is 10.1. The molecule has 0 spiro atoms. The van der Waals surface area contributed by atoms with Gasteiger partial charge >= 0.3 is 5.97 Å². The number of fused-ring (bicyclic) bond motifs is 1. The molecule has 136 valence electrons. The van der Waals surface area contributed by atoms with Gasteiger partial charge in [0.15, 0.2) is 0 Å². The van der Waals surface area contributed by atoms with E-state index in [1.54, 1.807) is 13.2 Å². The van der Waals surface area contributed by atoms with E-state index >= 15 is 0 Å². The third-order valence-corrected chi connectivity index (χ3v) is 4.37. The summed E-state index contributed by atoms with van der Waals surface area (Å²) in [6.07, 6.45) is 1.60. The first kappa shape index (κ1) is 18.0. The van der Waals surface area contributed by atoms with Crippen LogP contribution in [0.2, 0.25) is 0 Å². The summed E-state index contributed by atoms with van der Waals surface area (Å²) in [6, 6.07) is 11.5. The molecule has 0 radical (unpaired) electrons. The van der Waals surface area contributed by atoms with Crippen molar-refractivity contribution in [1.29, 1.82) is 0 Å². The first-order chi connectivity index (χ1) is 12.5. The smallest absolute Gasteiger partial charge is 0.356 e. The van der Waals surface area contributed by atoms with Crippen LogP contribution in [-0.4, -0.2) is 30.2 Å². The highest BCUT2D eigenvalue weighted by Gasteiger charge is 2.15. The molecule has 0 amide bonds. The lowest BCUT2D eigenvalue weighted by Gasteiger charge is -2.08. The Kier molecular flexibility index (Phi) is 5.26. The maximum Gasteiger partial charge on any atom is 0.356 e. The van der Waals surface area contributed by atoms with Crippen molar-refractivity contribution < 1.29 is 14.3 Å². The number of aromatic amines is 1. The number of aromatic nitrogens is 2. The monoisotopic (exact) mass is 352 g/mol. The molecule has 0 fully saturated rings. The molecular weight excluding hydrogens is 328 g/mol. The molecule has 0 aliphatic heterocycles. The van der Waals surface area contributed by atoms with E-state index in [9.17, 15) is 4.79 Å². The van der Waals surface area contributed by atoms with Gasteiger partial charge in [0.2, 0.25) is 0 Å². The van der Waals surface area contributed by atoms with Crippen LogP contribution in [-0.2, 0) is 17.6 Å². The van der Waals surface area contributed by atoms with Crippen molar-refractivity contribution in [2.75, 3.05) is 14.2 Å². The van der Waals surface area contributed by atoms with Gasteiger partial charge in [0.25, 0.3) is 0 Å². The largest absolute Gasteiger partial charge is 0.497 e. The van der Waals surface area contributed by atoms with Crippen molar-refractivity contribution in [2.24, 2.45) is 5.92 Å². The van der Waals surface area contributed by atoms with Gasteiger partial charge in [-0.25, -0.2) is 9.78 Å². The highest BCUT2D eigenvalue weighted by Crippen LogP contribution is 2.29. The van der Waals surface area contributed by atoms with E-state index in [-0.39, 0.29) is 0 Å². The SMILES string of the molecule is COC(=O)c1cccc(Cc2c(CC(C)C)[nH]c3cc(OC)ccc23)n1. The van der Waals surface area contributed by atoms with E-state index in [1.807, 2.05) is 24.3 Å². The van der Waals surface area contributed by atoms with Gasteiger partial charge in [-0.05, 0) is 42.2 Å². The third-order valence-electron chi connectivity index (χ3n) is 4.37. The number of pyridine rings is 1. The summed E-state index contributed by atoms with van der Waals surface area (Å²) in [5.41, 5.74) is 4.64. The van der Waals surface area contributed by atoms with Gasteiger partial charge < -0.3 is 14.5 Å². The fraction of sp³-hybridized carbons (Fsp3) is 0.333. The summed E-state index contributed by atoms with van der Waals surface area (Å²) in [5, 5.41) is 1.16. The maximum atomic E-state index is 11.8. The van der Waals surface area contributed by atoms with Crippen LogP contribution in [0.5, 0.6) is 5.75 Å². The Labute approximate surface area is 153 Å². The second kappa shape index (κ2) is 7.60. The van der Waals surface area contributed by atoms with Gasteiger partial charge in [-0.15, -0.1) is 0 Å². The van der Waals surface area contributed by atoms with Crippen molar-refractivity contribution in [3.05, 3.63) is 59.0 Å². The number of benzene rings is 1. The second-order valence-corrected chi connectivity index (χ2v) is 6.77. The molecule has 0 aliphatic rings. The molecule has 5 heteroatoms. The van der Waals surface area contributed by atoms with Crippen LogP contribution in [0.3, 0.4) is 0 Å². The number of nitrogens with one attached hydrogen (secondary N) is 1. The van der Waals surface area contributed by atoms with Gasteiger partial charge in [-0.3, -0.25) is 0 Å². The van der Waals surface area contributed by atoms with Crippen molar-refractivity contribution in [3.63, 3.8) is 0 Å². The Balaban J connectivity index is 2.04. The summed E-state index contributed by atoms with van der Waals surface area (Å²) in [4.78, 5) is 19.8. The number of carbonyl (C=O) groups excluding carboxylic acids is 1. The Morgan fingerprint density at radius 1 is 1.19 bits per heavy atom. The minimum Gasteiger partial charge on any atom is -0.497 e. The number of hydrogen-bond donors (Lipinski definition) is 1. The first-order valence-corrected chi connectivity index (χ1v) is 8.73. The van der Waals surface area contributed by atoms with Crippen LogP contribution < -0.4 is 4.74 Å². The maximum absolute atomic E-state index is 11.8. The van der Waals surface area contributed by atoms with E-state index in [0.29, 0.717) is 18.0 Å². The summed E-state index contributed by atoms with van der Waals surface area (Å²) in [6.45, 7) is 4.40. The van der Waals surface area contributed by atoms with Crippen LogP contribution in [0.1, 0.15) is 41.3 Å². The average Bonchev–Trinajstić information content (AvgIpc) is 2.96. The number of esters is 1. The molecule has 1 aromatic carbocycles. The van der Waals surface area contributed by atoms with Crippen molar-refractivity contribution >= 4 is 16.9 Å². The number of ether oxygens (including phenoxy) is 2. The quantitative estimate of drug-likeness (QED) is 0.677. The lowest BCUT2D eigenvalue weighted by molar-refractivity contribution is 0.0593. The molecule has 26 heavy (non-hydrogen) atoms. The molecule has 3 rings (SSSR count). The number of rotatable bonds is 6. The van der Waals surface area contributed by atoms with E-state index < -0.39 is 5.97 Å². The van der Waals surface area contributed by atoms with Crippen LogP contribution in [0.4, 0.5) is 0 Å². The van der Waals surface area contributed by atoms with E-state index in [4.69, 9.17) is 9.47 Å². The minimum atomic E-state index is -0.419. The lowest BCUT2D eigenvalue weighted by Crippen LogP contribution is -2.06. The Morgan fingerprint density at radius 2 is 2.00 bits per heavy atom. The van der Waals surface area contributed by atoms with Gasteiger partial charge in [0.05, 0.1) is 14.2 Å². The zero-order valence-electron chi connectivity index (χ0n) is 15.6. The minimum absolute atomic E-state index is 0.330. The summed E-state index contributed by atoms with van der Waals surface area (Å²) in [7, 11) is 3.03. The standard InChI is InChI=1S/C21H24N2O3/c1-13(2)10-19-17(16-9-8-15(25-3)12-20(16)23-19)11-14-6-5-7-18(22-14)21(24)26-4/h5-9,12-13,23H,10-11H2,1-4H3. The Hall–Kier alpha value is -2.82. The van der Waals surface area contributed by atoms with Gasteiger partial charge in [0.1, 0.15) is 11.4 Å².